The van der Waals surface area contributed by atoms with E-state index in [4.69, 9.17) is 4.42 Å². The third kappa shape index (κ3) is 13.8. The van der Waals surface area contributed by atoms with Gasteiger partial charge in [0.2, 0.25) is 11.0 Å². The van der Waals surface area contributed by atoms with Crippen molar-refractivity contribution in [2.24, 2.45) is 0 Å². The van der Waals surface area contributed by atoms with E-state index in [-0.39, 0.29) is 185 Å². The normalized spacial score (nSPS) is 11.5. The van der Waals surface area contributed by atoms with E-state index in [1.807, 2.05) is 26.8 Å². The molecule has 1 aliphatic carbocycles. The van der Waals surface area contributed by atoms with Crippen molar-refractivity contribution in [3.05, 3.63) is 178 Å². The molecule has 9 N–H and O–H groups in total. The Morgan fingerprint density at radius 2 is 1.13 bits per heavy atom. The van der Waals surface area contributed by atoms with Gasteiger partial charge >= 0.3 is 130 Å². The predicted octanol–water partition coefficient (Wildman–Crippen LogP) is -2.75. The number of rotatable bonds is 11. The fourth-order valence-corrected chi connectivity index (χ4v) is 11.6. The number of carbonyl (C=O) groups is 3. The number of phenols is 2. The molecule has 10 rings (SSSR count). The number of aryl methyl sites for hydroxylation is 4. The van der Waals surface area contributed by atoms with Crippen LogP contribution >= 0.6 is 0 Å². The fraction of sp³-hybridized carbons (Fsp3) is 0.100. The maximum absolute atomic E-state index is 13.8. The first-order chi connectivity index (χ1) is 38.4. The Kier molecular flexibility index (Phi) is 21.8. The molecule has 0 saturated heterocycles. The van der Waals surface area contributed by atoms with Gasteiger partial charge in [0.1, 0.15) is 31.4 Å². The molecule has 0 radical (unpaired) electrons. The molecule has 0 unspecified atom stereocenters. The largest absolute Gasteiger partial charge is 1.00 e. The maximum atomic E-state index is 13.8. The van der Waals surface area contributed by atoms with Crippen molar-refractivity contribution >= 4 is 111 Å². The number of nitrogens with one attached hydrogen (secondary N) is 6. The first-order valence-electron chi connectivity index (χ1n) is 24.7. The Bertz CT molecular complexity index is 4660. The summed E-state index contributed by atoms with van der Waals surface area (Å²) in [4.78, 5) is 41.1. The summed E-state index contributed by atoms with van der Waals surface area (Å²) < 4.78 is 83.3. The summed E-state index contributed by atoms with van der Waals surface area (Å²) in [5, 5.41) is 49.1. The van der Waals surface area contributed by atoms with Crippen LogP contribution in [0.25, 0.3) is 55.0 Å². The minimum Gasteiger partial charge on any atom is -0.744 e. The summed E-state index contributed by atoms with van der Waals surface area (Å²) in [5.74, 6) is -2.32. The van der Waals surface area contributed by atoms with Gasteiger partial charge in [-0.3, -0.25) is 4.55 Å². The van der Waals surface area contributed by atoms with E-state index >= 15 is 0 Å². The molecule has 19 nitrogen and oxygen atoms in total. The van der Waals surface area contributed by atoms with Crippen LogP contribution in [-0.4, -0.2) is 54.2 Å². The number of benzene rings is 9. The van der Waals surface area contributed by atoms with E-state index in [1.165, 1.54) is 48.5 Å². The van der Waals surface area contributed by atoms with Crippen molar-refractivity contribution in [1.29, 1.82) is 0 Å². The summed E-state index contributed by atoms with van der Waals surface area (Å²) >= 11 is 0. The standard InChI is InChI=1S/C60H48N6O13S2.4Na/c1-29-23-31(3)55(65-59(71)63-44-21-22-47(67)38-15-9-7-13-36(38)44)33(5)53(29)61-35-19-20-40-48(25-35)79-49-28-46(51(81(76,77)78)27-42(49)52(40)41-17-11-12-18-50(41)80(73,74)75)62-54-30(2)24-32(4)56(34(54)6)66-60(72)64-45-26-43(58(69)70)57(68)39-16-10-8-14-37(39)45;;;;/h7-18,20-21,23-28,61,67-68H,1-6H3,(H,69,70)(H2,63,65,71)(H2,64,66,72)(H,73,74,75)(H,76,77,78);;;;/q-2;4*+1/p-1. The molecule has 8 aromatic carbocycles. The Morgan fingerprint density at radius 1 is 0.576 bits per heavy atom. The number of carbonyl (C=O) groups excluding carboxylic acids is 3. The van der Waals surface area contributed by atoms with Gasteiger partial charge in [-0.1, -0.05) is 94.4 Å². The van der Waals surface area contributed by atoms with Gasteiger partial charge in [0.15, 0.2) is 0 Å². The van der Waals surface area contributed by atoms with Crippen LogP contribution in [-0.2, 0) is 20.2 Å². The van der Waals surface area contributed by atoms with Gasteiger partial charge in [-0.15, -0.1) is 29.7 Å². The minimum absolute atomic E-state index is 0. The molecular weight excluding hydrogens is 1170 g/mol. The van der Waals surface area contributed by atoms with E-state index in [0.29, 0.717) is 61.2 Å². The van der Waals surface area contributed by atoms with Gasteiger partial charge in [-0.05, 0) is 93.6 Å². The number of hydrogen-bond donors (Lipinski definition) is 9. The number of fused-ring (bicyclic) bond motifs is 4. The first-order valence-corrected chi connectivity index (χ1v) is 27.5. The Balaban J connectivity index is 0.00000289. The summed E-state index contributed by atoms with van der Waals surface area (Å²) in [5.41, 5.74) is 5.52. The number of phenolic OH excluding ortho intramolecular Hbond substituents is 1. The molecule has 85 heavy (non-hydrogen) atoms. The molecule has 1 aliphatic heterocycles. The quantitative estimate of drug-likeness (QED) is 0.0209. The predicted molar refractivity (Wildman–Crippen MR) is 303 cm³/mol. The zero-order chi connectivity index (χ0) is 58.0. The molecule has 4 amide bonds. The summed E-state index contributed by atoms with van der Waals surface area (Å²) in [6.07, 6.45) is 0. The monoisotopic (exact) mass is 1220 g/mol. The molecule has 0 aromatic heterocycles. The number of carboxylic acids is 1. The minimum atomic E-state index is -5.38. The van der Waals surface area contributed by atoms with Crippen LogP contribution < -0.4 is 160 Å². The van der Waals surface area contributed by atoms with Crippen LogP contribution in [0.2, 0.25) is 0 Å². The number of aromatic carboxylic acids is 1. The molecule has 0 fully saturated rings. The second kappa shape index (κ2) is 27.1. The summed E-state index contributed by atoms with van der Waals surface area (Å²) in [6.45, 7) is 10.6. The maximum Gasteiger partial charge on any atom is 1.00 e. The van der Waals surface area contributed by atoms with Crippen molar-refractivity contribution in [3.8, 4) is 33.9 Å². The van der Waals surface area contributed by atoms with E-state index in [1.54, 1.807) is 75.4 Å². The molecule has 1 heterocycles. The van der Waals surface area contributed by atoms with Gasteiger partial charge in [-0.25, -0.2) is 23.0 Å². The van der Waals surface area contributed by atoms with Gasteiger partial charge in [0.05, 0.1) is 29.1 Å². The van der Waals surface area contributed by atoms with Gasteiger partial charge in [0.25, 0.3) is 10.1 Å². The van der Waals surface area contributed by atoms with Crippen molar-refractivity contribution < 1.29 is 183 Å². The molecule has 0 bridgehead atoms. The molecule has 0 saturated carbocycles. The fourth-order valence-electron chi connectivity index (χ4n) is 10.3. The van der Waals surface area contributed by atoms with Crippen LogP contribution in [0, 0.1) is 53.7 Å². The van der Waals surface area contributed by atoms with Crippen molar-refractivity contribution in [3.63, 3.8) is 0 Å². The van der Waals surface area contributed by atoms with E-state index in [2.05, 4.69) is 43.7 Å². The summed E-state index contributed by atoms with van der Waals surface area (Å²) in [6, 6.07) is 34.8. The number of carboxylic acid groups (broad SMARTS) is 1. The molecular formula is C60H47N6Na4O13S2+. The number of aromatic hydroxyl groups is 2. The average Bonchev–Trinajstić information content (AvgIpc) is 0.951. The SMILES string of the molecule is Cc1cc(C)c(Nc2[c-]cc3c(-c4ccccc4S(=O)(=O)O)c4cc(S(=O)(=O)[O-])c(=[NH+]c5c(C)cc(C)c(NC(=O)Nc6cc(C(=O)[O-])c(O)c7ccccc67)c5C)cc-4oc3c2)c(C)c1NC(=O)Nc1c[c-]c(O)c2ccccc12.[Na+].[Na+].[Na+].[Na+]. The van der Waals surface area contributed by atoms with Crippen LogP contribution in [0.4, 0.5) is 49.4 Å². The van der Waals surface area contributed by atoms with Gasteiger partial charge < -0.3 is 55.7 Å². The van der Waals surface area contributed by atoms with Crippen molar-refractivity contribution in [1.82, 2.24) is 0 Å². The van der Waals surface area contributed by atoms with Crippen molar-refractivity contribution in [2.75, 3.05) is 26.6 Å². The third-order valence-electron chi connectivity index (χ3n) is 14.0. The second-order valence-corrected chi connectivity index (χ2v) is 22.0. The Hall–Kier alpha value is -5.80. The number of amides is 4. The third-order valence-corrected chi connectivity index (χ3v) is 15.7. The van der Waals surface area contributed by atoms with E-state index < -0.39 is 59.4 Å². The van der Waals surface area contributed by atoms with E-state index in [9.17, 15) is 55.6 Å². The van der Waals surface area contributed by atoms with Crippen molar-refractivity contribution in [2.45, 2.75) is 51.3 Å². The smallest absolute Gasteiger partial charge is 0.744 e. The molecule has 0 spiro atoms. The molecule has 8 aromatic rings. The molecule has 25 heteroatoms. The first kappa shape index (κ1) is 68.3. The summed E-state index contributed by atoms with van der Waals surface area (Å²) in [7, 11) is -10.3. The topological polar surface area (TPSA) is 314 Å². The van der Waals surface area contributed by atoms with Crippen LogP contribution in [0.1, 0.15) is 43.7 Å². The van der Waals surface area contributed by atoms with E-state index in [0.717, 1.165) is 23.3 Å². The van der Waals surface area contributed by atoms with Crippen LogP contribution in [0.5, 0.6) is 11.5 Å². The molecule has 0 atom stereocenters. The number of hydrogen-bond acceptors (Lipinski definition) is 13. The molecule has 2 aliphatic rings. The Labute approximate surface area is 576 Å². The zero-order valence-electron chi connectivity index (χ0n) is 47.8. The Morgan fingerprint density at radius 3 is 1.75 bits per heavy atom. The van der Waals surface area contributed by atoms with Crippen LogP contribution in [0.3, 0.4) is 0 Å². The zero-order valence-corrected chi connectivity index (χ0v) is 57.4. The van der Waals surface area contributed by atoms with Gasteiger partial charge in [-0.2, -0.15) is 20.6 Å². The number of urea groups is 2. The number of anilines is 6. The average molecular weight is 1220 g/mol. The molecule has 410 valence electrons. The van der Waals surface area contributed by atoms with Gasteiger partial charge in [0, 0.05) is 50.0 Å². The second-order valence-electron chi connectivity index (χ2n) is 19.3. The van der Waals surface area contributed by atoms with Crippen LogP contribution in [0.15, 0.2) is 136 Å².